The Labute approximate surface area is 111 Å². The molecular formula is C13H15ClFN3. The Morgan fingerprint density at radius 1 is 1.50 bits per heavy atom. The second kappa shape index (κ2) is 5.50. The Morgan fingerprint density at radius 2 is 2.28 bits per heavy atom. The van der Waals surface area contributed by atoms with Crippen LogP contribution in [0.2, 0.25) is 5.02 Å². The van der Waals surface area contributed by atoms with E-state index < -0.39 is 5.82 Å². The van der Waals surface area contributed by atoms with Gasteiger partial charge in [0, 0.05) is 17.8 Å². The van der Waals surface area contributed by atoms with E-state index in [9.17, 15) is 4.39 Å². The molecule has 5 heteroatoms. The summed E-state index contributed by atoms with van der Waals surface area (Å²) in [5.41, 5.74) is 2.04. The van der Waals surface area contributed by atoms with E-state index in [4.69, 9.17) is 11.6 Å². The first-order chi connectivity index (χ1) is 8.60. The lowest BCUT2D eigenvalue weighted by Crippen LogP contribution is -2.11. The number of nitrogens with one attached hydrogen (secondary N) is 1. The Balaban J connectivity index is 2.13. The largest absolute Gasteiger partial charge is 0.313 e. The summed E-state index contributed by atoms with van der Waals surface area (Å²) in [6.07, 6.45) is 3.80. The van der Waals surface area contributed by atoms with Crippen LogP contribution in [0.3, 0.4) is 0 Å². The molecule has 2 rings (SSSR count). The Bertz CT molecular complexity index is 539. The van der Waals surface area contributed by atoms with Crippen LogP contribution in [0, 0.1) is 5.82 Å². The van der Waals surface area contributed by atoms with Crippen molar-refractivity contribution in [1.29, 1.82) is 0 Å². The zero-order chi connectivity index (χ0) is 13.1. The molecule has 0 aliphatic carbocycles. The molecule has 0 radical (unpaired) electrons. The lowest BCUT2D eigenvalue weighted by molar-refractivity contribution is 0.624. The van der Waals surface area contributed by atoms with Crippen LogP contribution in [0.5, 0.6) is 0 Å². The summed E-state index contributed by atoms with van der Waals surface area (Å²) in [6, 6.07) is 4.97. The normalized spacial score (nSPS) is 12.7. The van der Waals surface area contributed by atoms with E-state index >= 15 is 0 Å². The van der Waals surface area contributed by atoms with Crippen LogP contribution in [-0.2, 0) is 6.54 Å². The fourth-order valence-electron chi connectivity index (χ4n) is 1.68. The van der Waals surface area contributed by atoms with Crippen molar-refractivity contribution in [2.24, 2.45) is 0 Å². The summed E-state index contributed by atoms with van der Waals surface area (Å²) in [7, 11) is 1.90. The SMILES string of the molecule is CNC(C)c1cnn(Cc2ccc(F)c(Cl)c2)c1. The molecule has 0 fully saturated rings. The predicted molar refractivity (Wildman–Crippen MR) is 70.2 cm³/mol. The molecule has 0 aliphatic rings. The monoisotopic (exact) mass is 267 g/mol. The third-order valence-electron chi connectivity index (χ3n) is 2.91. The molecule has 0 saturated carbocycles. The van der Waals surface area contributed by atoms with Crippen molar-refractivity contribution in [2.45, 2.75) is 19.5 Å². The van der Waals surface area contributed by atoms with Crippen LogP contribution in [0.15, 0.2) is 30.6 Å². The molecule has 0 bridgehead atoms. The lowest BCUT2D eigenvalue weighted by Gasteiger charge is -2.06. The van der Waals surface area contributed by atoms with Gasteiger partial charge < -0.3 is 5.32 Å². The van der Waals surface area contributed by atoms with E-state index in [2.05, 4.69) is 17.3 Å². The van der Waals surface area contributed by atoms with E-state index in [1.165, 1.54) is 6.07 Å². The highest BCUT2D eigenvalue weighted by Gasteiger charge is 2.06. The summed E-state index contributed by atoms with van der Waals surface area (Å²) < 4.78 is 14.8. The first-order valence-corrected chi connectivity index (χ1v) is 6.11. The van der Waals surface area contributed by atoms with E-state index in [-0.39, 0.29) is 11.1 Å². The van der Waals surface area contributed by atoms with E-state index in [0.29, 0.717) is 6.54 Å². The number of rotatable bonds is 4. The van der Waals surface area contributed by atoms with Gasteiger partial charge in [0.15, 0.2) is 0 Å². The number of halogens is 2. The van der Waals surface area contributed by atoms with Crippen molar-refractivity contribution in [3.63, 3.8) is 0 Å². The van der Waals surface area contributed by atoms with Crippen LogP contribution in [0.4, 0.5) is 4.39 Å². The third-order valence-corrected chi connectivity index (χ3v) is 3.20. The Kier molecular flexibility index (Phi) is 3.99. The van der Waals surface area contributed by atoms with Gasteiger partial charge in [-0.2, -0.15) is 5.10 Å². The molecular weight excluding hydrogens is 253 g/mol. The lowest BCUT2D eigenvalue weighted by atomic mass is 10.2. The van der Waals surface area contributed by atoms with Crippen molar-refractivity contribution >= 4 is 11.6 Å². The molecule has 3 nitrogen and oxygen atoms in total. The molecule has 0 saturated heterocycles. The van der Waals surface area contributed by atoms with E-state index in [1.54, 1.807) is 12.1 Å². The smallest absolute Gasteiger partial charge is 0.141 e. The molecule has 1 heterocycles. The highest BCUT2D eigenvalue weighted by Crippen LogP contribution is 2.17. The Hall–Kier alpha value is -1.39. The number of hydrogen-bond acceptors (Lipinski definition) is 2. The molecule has 18 heavy (non-hydrogen) atoms. The van der Waals surface area contributed by atoms with Gasteiger partial charge in [-0.05, 0) is 31.7 Å². The van der Waals surface area contributed by atoms with Crippen LogP contribution in [-0.4, -0.2) is 16.8 Å². The standard InChI is InChI=1S/C13H15ClFN3/c1-9(16-2)11-6-17-18(8-11)7-10-3-4-13(15)12(14)5-10/h3-6,8-9,16H,7H2,1-2H3. The van der Waals surface area contributed by atoms with Crippen molar-refractivity contribution < 1.29 is 4.39 Å². The molecule has 1 aromatic heterocycles. The topological polar surface area (TPSA) is 29.9 Å². The highest BCUT2D eigenvalue weighted by atomic mass is 35.5. The maximum atomic E-state index is 13.0. The van der Waals surface area contributed by atoms with Crippen molar-refractivity contribution in [1.82, 2.24) is 15.1 Å². The first kappa shape index (κ1) is 13.1. The van der Waals surface area contributed by atoms with Crippen LogP contribution >= 0.6 is 11.6 Å². The zero-order valence-electron chi connectivity index (χ0n) is 10.3. The highest BCUT2D eigenvalue weighted by molar-refractivity contribution is 6.30. The molecule has 0 spiro atoms. The quantitative estimate of drug-likeness (QED) is 0.923. The van der Waals surface area contributed by atoms with Crippen LogP contribution in [0.1, 0.15) is 24.1 Å². The van der Waals surface area contributed by atoms with Gasteiger partial charge in [0.2, 0.25) is 0 Å². The average molecular weight is 268 g/mol. The van der Waals surface area contributed by atoms with Gasteiger partial charge in [-0.25, -0.2) is 4.39 Å². The number of nitrogens with zero attached hydrogens (tertiary/aromatic N) is 2. The zero-order valence-corrected chi connectivity index (χ0v) is 11.1. The second-order valence-corrected chi connectivity index (χ2v) is 4.64. The average Bonchev–Trinajstić information content (AvgIpc) is 2.81. The van der Waals surface area contributed by atoms with Crippen molar-refractivity contribution in [3.8, 4) is 0 Å². The number of hydrogen-bond donors (Lipinski definition) is 1. The summed E-state index contributed by atoms with van der Waals surface area (Å²) in [6.45, 7) is 2.65. The predicted octanol–water partition coefficient (Wildman–Crippen LogP) is 3.00. The second-order valence-electron chi connectivity index (χ2n) is 4.23. The van der Waals surface area contributed by atoms with Crippen LogP contribution in [0.25, 0.3) is 0 Å². The minimum absolute atomic E-state index is 0.142. The minimum Gasteiger partial charge on any atom is -0.313 e. The molecule has 0 amide bonds. The Morgan fingerprint density at radius 3 is 2.94 bits per heavy atom. The first-order valence-electron chi connectivity index (χ1n) is 5.73. The van der Waals surface area contributed by atoms with Gasteiger partial charge in [0.25, 0.3) is 0 Å². The van der Waals surface area contributed by atoms with Gasteiger partial charge in [-0.1, -0.05) is 17.7 Å². The summed E-state index contributed by atoms with van der Waals surface area (Å²) in [5.74, 6) is -0.398. The summed E-state index contributed by atoms with van der Waals surface area (Å²) in [5, 5.41) is 7.57. The van der Waals surface area contributed by atoms with Crippen molar-refractivity contribution in [3.05, 3.63) is 52.6 Å². The van der Waals surface area contributed by atoms with Gasteiger partial charge >= 0.3 is 0 Å². The van der Waals surface area contributed by atoms with Gasteiger partial charge in [-0.15, -0.1) is 0 Å². The van der Waals surface area contributed by atoms with E-state index in [0.717, 1.165) is 11.1 Å². The molecule has 1 aromatic carbocycles. The number of aromatic nitrogens is 2. The third kappa shape index (κ3) is 2.89. The van der Waals surface area contributed by atoms with Gasteiger partial charge in [0.1, 0.15) is 5.82 Å². The van der Waals surface area contributed by atoms with Crippen molar-refractivity contribution in [2.75, 3.05) is 7.05 Å². The fourth-order valence-corrected chi connectivity index (χ4v) is 1.88. The minimum atomic E-state index is -0.398. The van der Waals surface area contributed by atoms with Crippen LogP contribution < -0.4 is 5.32 Å². The van der Waals surface area contributed by atoms with E-state index in [1.807, 2.05) is 24.1 Å². The molecule has 0 aliphatic heterocycles. The summed E-state index contributed by atoms with van der Waals surface area (Å²) >= 11 is 5.74. The summed E-state index contributed by atoms with van der Waals surface area (Å²) in [4.78, 5) is 0. The molecule has 2 aromatic rings. The molecule has 96 valence electrons. The molecule has 1 unspecified atom stereocenters. The maximum Gasteiger partial charge on any atom is 0.141 e. The maximum absolute atomic E-state index is 13.0. The number of benzene rings is 1. The fraction of sp³-hybridized carbons (Fsp3) is 0.308. The molecule has 1 N–H and O–H groups in total. The van der Waals surface area contributed by atoms with Gasteiger partial charge in [-0.3, -0.25) is 4.68 Å². The molecule has 1 atom stereocenters. The van der Waals surface area contributed by atoms with Gasteiger partial charge in [0.05, 0.1) is 17.8 Å².